The molecule has 2 atom stereocenters. The van der Waals surface area contributed by atoms with Crippen LogP contribution in [0.25, 0.3) is 0 Å². The molecule has 1 aliphatic heterocycles. The van der Waals surface area contributed by atoms with E-state index in [-0.39, 0.29) is 29.0 Å². The molecule has 1 fully saturated rings. The van der Waals surface area contributed by atoms with Crippen molar-refractivity contribution in [1.29, 1.82) is 0 Å². The molecule has 5 nitrogen and oxygen atoms in total. The summed E-state index contributed by atoms with van der Waals surface area (Å²) in [6.45, 7) is 0.488. The van der Waals surface area contributed by atoms with E-state index >= 15 is 0 Å². The Morgan fingerprint density at radius 3 is 2.95 bits per heavy atom. The normalized spacial score (nSPS) is 28.2. The molecule has 1 aromatic carbocycles. The van der Waals surface area contributed by atoms with E-state index in [1.165, 1.54) is 13.2 Å². The molecule has 1 heterocycles. The van der Waals surface area contributed by atoms with Crippen molar-refractivity contribution in [2.45, 2.75) is 11.8 Å². The zero-order chi connectivity index (χ0) is 13.8. The Kier molecular flexibility index (Phi) is 2.36. The summed E-state index contributed by atoms with van der Waals surface area (Å²) >= 11 is 0. The lowest BCUT2D eigenvalue weighted by Crippen LogP contribution is -2.42. The highest BCUT2D eigenvalue weighted by Gasteiger charge is 2.63. The van der Waals surface area contributed by atoms with Gasteiger partial charge in [0.25, 0.3) is 5.91 Å². The first kappa shape index (κ1) is 12.0. The largest absolute Gasteiger partial charge is 0.508 e. The Balaban J connectivity index is 2.10. The minimum atomic E-state index is -0.385. The summed E-state index contributed by atoms with van der Waals surface area (Å²) in [7, 11) is 3.10. The predicted octanol–water partition coefficient (Wildman–Crippen LogP) is 0.908. The van der Waals surface area contributed by atoms with Crippen LogP contribution in [0.1, 0.15) is 22.3 Å². The van der Waals surface area contributed by atoms with E-state index in [0.717, 1.165) is 5.56 Å². The third-order valence-electron chi connectivity index (χ3n) is 4.20. The SMILES string of the molecule is COC(=O)[C@H]1C[C@@]12CN(C)C(=O)c1ccc(O)cc12. The Hall–Kier alpha value is -2.04. The van der Waals surface area contributed by atoms with Crippen molar-refractivity contribution in [1.82, 2.24) is 4.90 Å². The molecule has 0 aromatic heterocycles. The fourth-order valence-electron chi connectivity index (χ4n) is 3.15. The smallest absolute Gasteiger partial charge is 0.309 e. The summed E-state index contributed by atoms with van der Waals surface area (Å²) in [5.74, 6) is -0.437. The van der Waals surface area contributed by atoms with Gasteiger partial charge in [-0.3, -0.25) is 9.59 Å². The molecule has 1 aromatic rings. The predicted molar refractivity (Wildman–Crippen MR) is 66.9 cm³/mol. The number of methoxy groups -OCH3 is 1. The fraction of sp³-hybridized carbons (Fsp3) is 0.429. The van der Waals surface area contributed by atoms with Gasteiger partial charge in [0.15, 0.2) is 0 Å². The number of phenolic OH excluding ortho intramolecular Hbond substituents is 1. The van der Waals surface area contributed by atoms with Gasteiger partial charge in [-0.25, -0.2) is 0 Å². The Morgan fingerprint density at radius 1 is 1.53 bits per heavy atom. The Morgan fingerprint density at radius 2 is 2.26 bits per heavy atom. The van der Waals surface area contributed by atoms with Gasteiger partial charge in [0.1, 0.15) is 5.75 Å². The van der Waals surface area contributed by atoms with Gasteiger partial charge >= 0.3 is 5.97 Å². The number of fused-ring (bicyclic) bond motifs is 2. The number of ether oxygens (including phenoxy) is 1. The standard InChI is InChI=1S/C14H15NO4/c1-15-7-14(6-11(14)13(18)19-2)10-5-8(16)3-4-9(10)12(15)17/h3-5,11,16H,6-7H2,1-2H3/t11-,14+/m1/s1. The average molecular weight is 261 g/mol. The van der Waals surface area contributed by atoms with Gasteiger partial charge in [0.05, 0.1) is 13.0 Å². The molecule has 3 rings (SSSR count). The fourth-order valence-corrected chi connectivity index (χ4v) is 3.15. The number of phenols is 1. The van der Waals surface area contributed by atoms with Gasteiger partial charge in [0, 0.05) is 24.6 Å². The second kappa shape index (κ2) is 3.73. The molecule has 100 valence electrons. The summed E-state index contributed by atoms with van der Waals surface area (Å²) in [5, 5.41) is 9.64. The molecular formula is C14H15NO4. The Bertz CT molecular complexity index is 583. The molecule has 5 heteroatoms. The average Bonchev–Trinajstić information content (AvgIpc) is 3.10. The third kappa shape index (κ3) is 1.54. The van der Waals surface area contributed by atoms with Crippen molar-refractivity contribution >= 4 is 11.9 Å². The van der Waals surface area contributed by atoms with E-state index < -0.39 is 0 Å². The van der Waals surface area contributed by atoms with Crippen LogP contribution < -0.4 is 0 Å². The van der Waals surface area contributed by atoms with E-state index in [2.05, 4.69) is 0 Å². The van der Waals surface area contributed by atoms with Crippen molar-refractivity contribution in [3.8, 4) is 5.75 Å². The molecule has 1 aliphatic carbocycles. The van der Waals surface area contributed by atoms with E-state index in [9.17, 15) is 14.7 Å². The molecule has 0 saturated heterocycles. The van der Waals surface area contributed by atoms with Gasteiger partial charge < -0.3 is 14.7 Å². The number of rotatable bonds is 1. The number of benzene rings is 1. The van der Waals surface area contributed by atoms with Crippen LogP contribution in [-0.4, -0.2) is 42.6 Å². The van der Waals surface area contributed by atoms with Crippen molar-refractivity contribution in [3.63, 3.8) is 0 Å². The first-order valence-electron chi connectivity index (χ1n) is 6.16. The highest BCUT2D eigenvalue weighted by Crippen LogP contribution is 2.58. The number of carbonyl (C=O) groups is 2. The van der Waals surface area contributed by atoms with Crippen LogP contribution in [0.5, 0.6) is 5.75 Å². The zero-order valence-electron chi connectivity index (χ0n) is 10.8. The van der Waals surface area contributed by atoms with Crippen LogP contribution in [-0.2, 0) is 14.9 Å². The van der Waals surface area contributed by atoms with Crippen LogP contribution in [0.4, 0.5) is 0 Å². The summed E-state index contributed by atoms with van der Waals surface area (Å²) in [5.41, 5.74) is 0.952. The molecule has 0 unspecified atom stereocenters. The van der Waals surface area contributed by atoms with Gasteiger partial charge in [-0.15, -0.1) is 0 Å². The molecule has 1 N–H and O–H groups in total. The maximum atomic E-state index is 12.1. The van der Waals surface area contributed by atoms with Crippen LogP contribution in [0.3, 0.4) is 0 Å². The van der Waals surface area contributed by atoms with Crippen LogP contribution in [0.2, 0.25) is 0 Å². The molecule has 1 amide bonds. The van der Waals surface area contributed by atoms with E-state index in [0.29, 0.717) is 18.5 Å². The van der Waals surface area contributed by atoms with Gasteiger partial charge in [0.2, 0.25) is 0 Å². The number of likely N-dealkylation sites (N-methyl/N-ethyl adjacent to an activating group) is 1. The molecule has 2 aliphatic rings. The number of aromatic hydroxyl groups is 1. The topological polar surface area (TPSA) is 66.8 Å². The van der Waals surface area contributed by atoms with Crippen LogP contribution in [0.15, 0.2) is 18.2 Å². The highest BCUT2D eigenvalue weighted by atomic mass is 16.5. The number of amides is 1. The van der Waals surface area contributed by atoms with Gasteiger partial charge in [-0.2, -0.15) is 0 Å². The molecule has 1 saturated carbocycles. The first-order valence-corrected chi connectivity index (χ1v) is 6.16. The second-order valence-corrected chi connectivity index (χ2v) is 5.33. The summed E-state index contributed by atoms with van der Waals surface area (Å²) in [4.78, 5) is 25.5. The van der Waals surface area contributed by atoms with Gasteiger partial charge in [-0.1, -0.05) is 0 Å². The molecular weight excluding hydrogens is 246 g/mol. The molecule has 19 heavy (non-hydrogen) atoms. The van der Waals surface area contributed by atoms with Crippen molar-refractivity contribution < 1.29 is 19.4 Å². The lowest BCUT2D eigenvalue weighted by Gasteiger charge is -2.32. The minimum Gasteiger partial charge on any atom is -0.508 e. The number of hydrogen-bond acceptors (Lipinski definition) is 4. The van der Waals surface area contributed by atoms with E-state index in [1.54, 1.807) is 24.1 Å². The zero-order valence-corrected chi connectivity index (χ0v) is 10.8. The van der Waals surface area contributed by atoms with Crippen LogP contribution in [0, 0.1) is 5.92 Å². The molecule has 0 bridgehead atoms. The molecule has 0 radical (unpaired) electrons. The lowest BCUT2D eigenvalue weighted by molar-refractivity contribution is -0.142. The number of carbonyl (C=O) groups excluding carboxylic acids is 2. The second-order valence-electron chi connectivity index (χ2n) is 5.33. The first-order chi connectivity index (χ1) is 8.99. The molecule has 1 spiro atoms. The third-order valence-corrected chi connectivity index (χ3v) is 4.20. The highest BCUT2D eigenvalue weighted by molar-refractivity contribution is 5.99. The summed E-state index contributed by atoms with van der Waals surface area (Å²) in [6, 6.07) is 4.72. The van der Waals surface area contributed by atoms with Crippen LogP contribution >= 0.6 is 0 Å². The number of hydrogen-bond donors (Lipinski definition) is 1. The quantitative estimate of drug-likeness (QED) is 0.763. The van der Waals surface area contributed by atoms with Crippen molar-refractivity contribution in [3.05, 3.63) is 29.3 Å². The summed E-state index contributed by atoms with van der Waals surface area (Å²) < 4.78 is 4.80. The minimum absolute atomic E-state index is 0.0730. The summed E-state index contributed by atoms with van der Waals surface area (Å²) in [6.07, 6.45) is 0.660. The Labute approximate surface area is 110 Å². The lowest BCUT2D eigenvalue weighted by atomic mass is 9.84. The number of nitrogens with zero attached hydrogens (tertiary/aromatic N) is 1. The van der Waals surface area contributed by atoms with E-state index in [4.69, 9.17) is 4.74 Å². The van der Waals surface area contributed by atoms with Crippen molar-refractivity contribution in [2.75, 3.05) is 20.7 Å². The number of esters is 1. The van der Waals surface area contributed by atoms with Gasteiger partial charge in [-0.05, 0) is 30.2 Å². The van der Waals surface area contributed by atoms with Crippen molar-refractivity contribution in [2.24, 2.45) is 5.92 Å². The van der Waals surface area contributed by atoms with E-state index in [1.807, 2.05) is 0 Å². The maximum absolute atomic E-state index is 12.1. The monoisotopic (exact) mass is 261 g/mol. The maximum Gasteiger partial charge on any atom is 0.309 e.